The Labute approximate surface area is 172 Å². The van der Waals surface area contributed by atoms with Crippen LogP contribution in [0.2, 0.25) is 0 Å². The van der Waals surface area contributed by atoms with Gasteiger partial charge in [0.2, 0.25) is 5.91 Å². The van der Waals surface area contributed by atoms with Crippen LogP contribution in [0.4, 0.5) is 4.79 Å². The van der Waals surface area contributed by atoms with Gasteiger partial charge in [0.25, 0.3) is 0 Å². The van der Waals surface area contributed by atoms with Gasteiger partial charge in [-0.15, -0.1) is 0 Å². The number of hydrogen-bond acceptors (Lipinski definition) is 6. The number of alkyl carbamates (subject to hydrolysis) is 1. The van der Waals surface area contributed by atoms with Crippen molar-refractivity contribution in [2.24, 2.45) is 0 Å². The van der Waals surface area contributed by atoms with Gasteiger partial charge in [-0.05, 0) is 17.7 Å². The molecule has 9 heteroatoms. The number of carbonyl (C=O) groups excluding carboxylic acids is 2. The lowest BCUT2D eigenvalue weighted by Gasteiger charge is -2.14. The molecular formula is C21H20N4O5. The summed E-state index contributed by atoms with van der Waals surface area (Å²) in [6.07, 6.45) is 0.655. The molecule has 0 saturated carbocycles. The fourth-order valence-electron chi connectivity index (χ4n) is 2.68. The second kappa shape index (κ2) is 9.97. The SMILES string of the molecule is O=C(CNC(=O)OCc1ccccc1)N[C@@H](Cc1cnc2ccccc2n1)C(=O)O. The molecule has 0 aliphatic heterocycles. The summed E-state index contributed by atoms with van der Waals surface area (Å²) in [5.74, 6) is -1.88. The van der Waals surface area contributed by atoms with Crippen molar-refractivity contribution in [2.75, 3.05) is 6.54 Å². The van der Waals surface area contributed by atoms with Gasteiger partial charge in [0.05, 0.1) is 16.7 Å². The third kappa shape index (κ3) is 5.99. The molecule has 0 saturated heterocycles. The van der Waals surface area contributed by atoms with E-state index in [0.29, 0.717) is 16.7 Å². The first-order chi connectivity index (χ1) is 14.5. The maximum absolute atomic E-state index is 12.1. The summed E-state index contributed by atoms with van der Waals surface area (Å²) in [7, 11) is 0. The zero-order valence-electron chi connectivity index (χ0n) is 15.9. The molecule has 3 rings (SSSR count). The summed E-state index contributed by atoms with van der Waals surface area (Å²) in [5, 5.41) is 14.1. The Bertz CT molecular complexity index is 1040. The zero-order chi connectivity index (χ0) is 21.3. The molecule has 0 radical (unpaired) electrons. The molecule has 0 bridgehead atoms. The van der Waals surface area contributed by atoms with E-state index in [-0.39, 0.29) is 13.0 Å². The zero-order valence-corrected chi connectivity index (χ0v) is 15.9. The second-order valence-electron chi connectivity index (χ2n) is 6.43. The smallest absolute Gasteiger partial charge is 0.407 e. The van der Waals surface area contributed by atoms with Gasteiger partial charge in [0.1, 0.15) is 19.2 Å². The predicted octanol–water partition coefficient (Wildman–Crippen LogP) is 1.67. The van der Waals surface area contributed by atoms with Gasteiger partial charge in [0.15, 0.2) is 0 Å². The van der Waals surface area contributed by atoms with Gasteiger partial charge < -0.3 is 20.5 Å². The second-order valence-corrected chi connectivity index (χ2v) is 6.43. The maximum Gasteiger partial charge on any atom is 0.407 e. The molecule has 1 atom stereocenters. The topological polar surface area (TPSA) is 131 Å². The first-order valence-electron chi connectivity index (χ1n) is 9.18. The Morgan fingerprint density at radius 3 is 2.43 bits per heavy atom. The predicted molar refractivity (Wildman–Crippen MR) is 107 cm³/mol. The van der Waals surface area contributed by atoms with Crippen LogP contribution in [0, 0.1) is 0 Å². The van der Waals surface area contributed by atoms with E-state index >= 15 is 0 Å². The highest BCUT2D eigenvalue weighted by Crippen LogP contribution is 2.10. The fraction of sp³-hybridized carbons (Fsp3) is 0.190. The largest absolute Gasteiger partial charge is 0.480 e. The summed E-state index contributed by atoms with van der Waals surface area (Å²) in [5.41, 5.74) is 2.56. The number of fused-ring (bicyclic) bond motifs is 1. The van der Waals surface area contributed by atoms with Crippen LogP contribution in [0.15, 0.2) is 60.8 Å². The van der Waals surface area contributed by atoms with Gasteiger partial charge in [-0.2, -0.15) is 0 Å². The number of hydrogen-bond donors (Lipinski definition) is 3. The monoisotopic (exact) mass is 408 g/mol. The van der Waals surface area contributed by atoms with Crippen LogP contribution in [0.5, 0.6) is 0 Å². The average molecular weight is 408 g/mol. The minimum absolute atomic E-state index is 0.0443. The highest BCUT2D eigenvalue weighted by Gasteiger charge is 2.21. The highest BCUT2D eigenvalue weighted by molar-refractivity contribution is 5.86. The number of ether oxygens (including phenoxy) is 1. The van der Waals surface area contributed by atoms with Crippen molar-refractivity contribution in [1.29, 1.82) is 0 Å². The quantitative estimate of drug-likeness (QED) is 0.517. The van der Waals surface area contributed by atoms with E-state index in [9.17, 15) is 19.5 Å². The number of carboxylic acids is 1. The first kappa shape index (κ1) is 20.7. The van der Waals surface area contributed by atoms with E-state index in [4.69, 9.17) is 4.74 Å². The van der Waals surface area contributed by atoms with Crippen LogP contribution < -0.4 is 10.6 Å². The maximum atomic E-state index is 12.1. The summed E-state index contributed by atoms with van der Waals surface area (Å²) < 4.78 is 5.00. The van der Waals surface area contributed by atoms with E-state index in [2.05, 4.69) is 20.6 Å². The Kier molecular flexibility index (Phi) is 6.88. The van der Waals surface area contributed by atoms with E-state index in [0.717, 1.165) is 5.56 Å². The van der Waals surface area contributed by atoms with E-state index in [1.54, 1.807) is 30.3 Å². The number of para-hydroxylation sites is 2. The van der Waals surface area contributed by atoms with Crippen molar-refractivity contribution in [3.8, 4) is 0 Å². The number of nitrogens with one attached hydrogen (secondary N) is 2. The molecule has 2 aromatic carbocycles. The Morgan fingerprint density at radius 2 is 1.70 bits per heavy atom. The lowest BCUT2D eigenvalue weighted by molar-refractivity contribution is -0.141. The molecule has 2 amide bonds. The molecule has 0 aliphatic carbocycles. The Hall–Kier alpha value is -4.01. The normalized spacial score (nSPS) is 11.5. The molecule has 0 spiro atoms. The van der Waals surface area contributed by atoms with Crippen molar-refractivity contribution >= 4 is 29.0 Å². The lowest BCUT2D eigenvalue weighted by Crippen LogP contribution is -2.46. The summed E-state index contributed by atoms with van der Waals surface area (Å²) in [6.45, 7) is -0.354. The number of amides is 2. The van der Waals surface area contributed by atoms with Gasteiger partial charge in [-0.3, -0.25) is 9.78 Å². The van der Waals surface area contributed by atoms with Gasteiger partial charge in [-0.1, -0.05) is 42.5 Å². The molecule has 0 unspecified atom stereocenters. The fourth-order valence-corrected chi connectivity index (χ4v) is 2.68. The third-order valence-corrected chi connectivity index (χ3v) is 4.15. The average Bonchev–Trinajstić information content (AvgIpc) is 2.76. The molecule has 0 aliphatic rings. The van der Waals surface area contributed by atoms with Crippen LogP contribution >= 0.6 is 0 Å². The first-order valence-corrected chi connectivity index (χ1v) is 9.18. The minimum Gasteiger partial charge on any atom is -0.480 e. The molecule has 1 heterocycles. The number of rotatable bonds is 8. The van der Waals surface area contributed by atoms with Crippen molar-refractivity contribution in [3.63, 3.8) is 0 Å². The van der Waals surface area contributed by atoms with Crippen molar-refractivity contribution in [3.05, 3.63) is 72.1 Å². The molecule has 1 aromatic heterocycles. The lowest BCUT2D eigenvalue weighted by atomic mass is 10.1. The summed E-state index contributed by atoms with van der Waals surface area (Å²) >= 11 is 0. The number of aliphatic carboxylic acids is 1. The van der Waals surface area contributed by atoms with Gasteiger partial charge in [0, 0.05) is 12.6 Å². The van der Waals surface area contributed by atoms with Crippen molar-refractivity contribution in [1.82, 2.24) is 20.6 Å². The van der Waals surface area contributed by atoms with Crippen molar-refractivity contribution < 1.29 is 24.2 Å². The van der Waals surface area contributed by atoms with Crippen molar-refractivity contribution in [2.45, 2.75) is 19.1 Å². The molecule has 154 valence electrons. The number of benzene rings is 2. The number of aromatic nitrogens is 2. The minimum atomic E-state index is -1.22. The van der Waals surface area contributed by atoms with E-state index in [1.807, 2.05) is 24.3 Å². The van der Waals surface area contributed by atoms with E-state index in [1.165, 1.54) is 6.20 Å². The Morgan fingerprint density at radius 1 is 1.00 bits per heavy atom. The van der Waals surface area contributed by atoms with Crippen LogP contribution in [-0.4, -0.2) is 45.6 Å². The number of carbonyl (C=O) groups is 3. The summed E-state index contributed by atoms with van der Waals surface area (Å²) in [6, 6.07) is 15.1. The van der Waals surface area contributed by atoms with Crippen LogP contribution in [0.3, 0.4) is 0 Å². The summed E-state index contributed by atoms with van der Waals surface area (Å²) in [4.78, 5) is 43.9. The highest BCUT2D eigenvalue weighted by atomic mass is 16.5. The van der Waals surface area contributed by atoms with Gasteiger partial charge >= 0.3 is 12.1 Å². The van der Waals surface area contributed by atoms with Crippen LogP contribution in [-0.2, 0) is 27.4 Å². The molecular weight excluding hydrogens is 388 g/mol. The molecule has 0 fully saturated rings. The Balaban J connectivity index is 1.49. The van der Waals surface area contributed by atoms with E-state index < -0.39 is 30.6 Å². The molecule has 3 aromatic rings. The molecule has 30 heavy (non-hydrogen) atoms. The van der Waals surface area contributed by atoms with Crippen LogP contribution in [0.1, 0.15) is 11.3 Å². The molecule has 9 nitrogen and oxygen atoms in total. The third-order valence-electron chi connectivity index (χ3n) is 4.15. The number of carboxylic acid groups (broad SMARTS) is 1. The standard InChI is InChI=1S/C21H20N4O5/c26-19(12-23-21(29)30-13-14-6-2-1-3-7-14)25-18(20(27)28)10-15-11-22-16-8-4-5-9-17(16)24-15/h1-9,11,18H,10,12-13H2,(H,23,29)(H,25,26)(H,27,28)/t18-/m0/s1. The van der Waals surface area contributed by atoms with Crippen LogP contribution in [0.25, 0.3) is 11.0 Å². The van der Waals surface area contributed by atoms with Gasteiger partial charge in [-0.25, -0.2) is 14.6 Å². The number of nitrogens with zero attached hydrogens (tertiary/aromatic N) is 2. The molecule has 3 N–H and O–H groups in total.